The highest BCUT2D eigenvalue weighted by molar-refractivity contribution is 7.89. The number of aryl methyl sites for hydroxylation is 1. The predicted molar refractivity (Wildman–Crippen MR) is 85.4 cm³/mol. The Hall–Kier alpha value is -1.99. The zero-order valence-electron chi connectivity index (χ0n) is 13.0. The predicted octanol–water partition coefficient (Wildman–Crippen LogP) is 1.87. The molecule has 0 aliphatic carbocycles. The molecule has 0 saturated carbocycles. The Morgan fingerprint density at radius 1 is 1.39 bits per heavy atom. The number of ether oxygens (including phenoxy) is 1. The lowest BCUT2D eigenvalue weighted by Gasteiger charge is -2.22. The molecule has 0 amide bonds. The Bertz CT molecular complexity index is 864. The highest BCUT2D eigenvalue weighted by Gasteiger charge is 2.40. The summed E-state index contributed by atoms with van der Waals surface area (Å²) in [5.74, 6) is -0.518. The Labute approximate surface area is 135 Å². The fourth-order valence-electron chi connectivity index (χ4n) is 2.98. The van der Waals surface area contributed by atoms with Crippen molar-refractivity contribution in [1.82, 2.24) is 9.29 Å². The number of hydrogen-bond donors (Lipinski definition) is 0. The molecule has 1 atom stereocenters. The van der Waals surface area contributed by atoms with Crippen LogP contribution < -0.4 is 0 Å². The van der Waals surface area contributed by atoms with Gasteiger partial charge in [-0.3, -0.25) is 9.78 Å². The van der Waals surface area contributed by atoms with Gasteiger partial charge in [-0.15, -0.1) is 0 Å². The highest BCUT2D eigenvalue weighted by Crippen LogP contribution is 2.30. The number of methoxy groups -OCH3 is 1. The first-order valence-corrected chi connectivity index (χ1v) is 8.84. The molecular weight excluding hydrogens is 316 g/mol. The second-order valence-electron chi connectivity index (χ2n) is 5.64. The van der Waals surface area contributed by atoms with Crippen LogP contribution in [-0.2, 0) is 19.6 Å². The van der Waals surface area contributed by atoms with Crippen LogP contribution in [0.1, 0.15) is 18.4 Å². The van der Waals surface area contributed by atoms with E-state index in [4.69, 9.17) is 4.74 Å². The molecule has 2 heterocycles. The van der Waals surface area contributed by atoms with Crippen LogP contribution in [0.3, 0.4) is 0 Å². The number of hydrogen-bond acceptors (Lipinski definition) is 5. The molecule has 0 spiro atoms. The fourth-order valence-corrected chi connectivity index (χ4v) is 4.79. The smallest absolute Gasteiger partial charge is 0.324 e. The molecule has 0 unspecified atom stereocenters. The van der Waals surface area contributed by atoms with Gasteiger partial charge in [0.15, 0.2) is 0 Å². The summed E-state index contributed by atoms with van der Waals surface area (Å²) >= 11 is 0. The summed E-state index contributed by atoms with van der Waals surface area (Å²) in [7, 11) is -2.54. The maximum Gasteiger partial charge on any atom is 0.324 e. The van der Waals surface area contributed by atoms with Crippen molar-refractivity contribution in [3.63, 3.8) is 0 Å². The van der Waals surface area contributed by atoms with E-state index >= 15 is 0 Å². The number of para-hydroxylation sites is 1. The minimum absolute atomic E-state index is 0.130. The summed E-state index contributed by atoms with van der Waals surface area (Å²) in [5, 5.41) is 0.764. The number of sulfonamides is 1. The highest BCUT2D eigenvalue weighted by atomic mass is 32.2. The first kappa shape index (κ1) is 15.9. The third-order valence-corrected chi connectivity index (χ3v) is 6.01. The lowest BCUT2D eigenvalue weighted by Crippen LogP contribution is -2.41. The molecule has 23 heavy (non-hydrogen) atoms. The molecule has 1 aliphatic rings. The van der Waals surface area contributed by atoms with Crippen LogP contribution in [0.4, 0.5) is 0 Å². The number of aromatic nitrogens is 1. The average Bonchev–Trinajstić information content (AvgIpc) is 3.03. The molecule has 1 fully saturated rings. The Morgan fingerprint density at radius 2 is 2.17 bits per heavy atom. The molecule has 1 aromatic heterocycles. The molecule has 3 rings (SSSR count). The van der Waals surface area contributed by atoms with Gasteiger partial charge in [0.25, 0.3) is 0 Å². The molecule has 7 heteroatoms. The molecule has 122 valence electrons. The second-order valence-corrected chi connectivity index (χ2v) is 7.50. The summed E-state index contributed by atoms with van der Waals surface area (Å²) in [6.45, 7) is 2.21. The van der Waals surface area contributed by atoms with Gasteiger partial charge in [0.1, 0.15) is 10.9 Å². The Kier molecular flexibility index (Phi) is 4.08. The van der Waals surface area contributed by atoms with Crippen molar-refractivity contribution in [2.75, 3.05) is 13.7 Å². The maximum absolute atomic E-state index is 13.0. The summed E-state index contributed by atoms with van der Waals surface area (Å²) in [6.07, 6.45) is 2.75. The zero-order chi connectivity index (χ0) is 16.6. The second kappa shape index (κ2) is 5.90. The summed E-state index contributed by atoms with van der Waals surface area (Å²) in [5.41, 5.74) is 1.38. The zero-order valence-corrected chi connectivity index (χ0v) is 13.8. The first-order valence-electron chi connectivity index (χ1n) is 7.40. The van der Waals surface area contributed by atoms with Crippen molar-refractivity contribution in [3.8, 4) is 0 Å². The van der Waals surface area contributed by atoms with Crippen LogP contribution in [0.25, 0.3) is 10.9 Å². The quantitative estimate of drug-likeness (QED) is 0.801. The molecule has 6 nitrogen and oxygen atoms in total. The van der Waals surface area contributed by atoms with E-state index in [0.717, 1.165) is 10.9 Å². The first-order chi connectivity index (χ1) is 10.9. The molecule has 2 aromatic rings. The van der Waals surface area contributed by atoms with Crippen LogP contribution in [0, 0.1) is 6.92 Å². The average molecular weight is 334 g/mol. The van der Waals surface area contributed by atoms with Crippen molar-refractivity contribution in [1.29, 1.82) is 0 Å². The van der Waals surface area contributed by atoms with Crippen LogP contribution in [-0.4, -0.2) is 43.4 Å². The normalized spacial score (nSPS) is 19.1. The van der Waals surface area contributed by atoms with Crippen molar-refractivity contribution in [3.05, 3.63) is 36.0 Å². The minimum Gasteiger partial charge on any atom is -0.468 e. The summed E-state index contributed by atoms with van der Waals surface area (Å²) < 4.78 is 32.1. The van der Waals surface area contributed by atoms with Gasteiger partial charge in [-0.25, -0.2) is 8.42 Å². The lowest BCUT2D eigenvalue weighted by molar-refractivity contribution is -0.144. The van der Waals surface area contributed by atoms with Gasteiger partial charge < -0.3 is 4.74 Å². The standard InChI is InChI=1S/C16H18N2O4S/c1-11-9-12-5-3-7-14(15(12)17-10-11)23(20,21)18-8-4-6-13(18)16(19)22-2/h3,5,7,9-10,13H,4,6,8H2,1-2H3/t13-/m0/s1. The van der Waals surface area contributed by atoms with Crippen LogP contribution >= 0.6 is 0 Å². The Morgan fingerprint density at radius 3 is 2.91 bits per heavy atom. The van der Waals surface area contributed by atoms with Gasteiger partial charge in [-0.2, -0.15) is 4.31 Å². The number of pyridine rings is 1. The largest absolute Gasteiger partial charge is 0.468 e. The SMILES string of the molecule is COC(=O)[C@@H]1CCCN1S(=O)(=O)c1cccc2cc(C)cnc12. The fraction of sp³-hybridized carbons (Fsp3) is 0.375. The van der Waals surface area contributed by atoms with Gasteiger partial charge >= 0.3 is 5.97 Å². The van der Waals surface area contributed by atoms with E-state index < -0.39 is 22.0 Å². The number of esters is 1. The molecule has 0 N–H and O–H groups in total. The number of nitrogens with zero attached hydrogens (tertiary/aromatic N) is 2. The summed E-state index contributed by atoms with van der Waals surface area (Å²) in [4.78, 5) is 16.3. The Balaban J connectivity index is 2.12. The van der Waals surface area contributed by atoms with E-state index in [2.05, 4.69) is 4.98 Å². The van der Waals surface area contributed by atoms with Gasteiger partial charge in [0, 0.05) is 18.1 Å². The maximum atomic E-state index is 13.0. The van der Waals surface area contributed by atoms with Crippen molar-refractivity contribution < 1.29 is 17.9 Å². The van der Waals surface area contributed by atoms with Gasteiger partial charge in [0.2, 0.25) is 10.0 Å². The molecule has 1 saturated heterocycles. The van der Waals surface area contributed by atoms with Gasteiger partial charge in [-0.05, 0) is 37.5 Å². The minimum atomic E-state index is -3.81. The third-order valence-electron chi connectivity index (χ3n) is 4.07. The molecular formula is C16H18N2O4S. The molecule has 0 bridgehead atoms. The van der Waals surface area contributed by atoms with Crippen LogP contribution in [0.2, 0.25) is 0 Å². The van der Waals surface area contributed by atoms with E-state index in [1.165, 1.54) is 17.5 Å². The third kappa shape index (κ3) is 2.70. The van der Waals surface area contributed by atoms with E-state index in [1.54, 1.807) is 12.3 Å². The molecule has 0 radical (unpaired) electrons. The number of fused-ring (bicyclic) bond motifs is 1. The van der Waals surface area contributed by atoms with E-state index in [0.29, 0.717) is 24.9 Å². The van der Waals surface area contributed by atoms with Gasteiger partial charge in [0.05, 0.1) is 12.6 Å². The lowest BCUT2D eigenvalue weighted by atomic mass is 10.2. The van der Waals surface area contributed by atoms with Crippen molar-refractivity contribution >= 4 is 26.9 Å². The summed E-state index contributed by atoms with van der Waals surface area (Å²) in [6, 6.07) is 6.19. The van der Waals surface area contributed by atoms with E-state index in [1.807, 2.05) is 19.1 Å². The van der Waals surface area contributed by atoms with Crippen molar-refractivity contribution in [2.24, 2.45) is 0 Å². The number of benzene rings is 1. The van der Waals surface area contributed by atoms with E-state index in [-0.39, 0.29) is 4.90 Å². The van der Waals surface area contributed by atoms with Crippen molar-refractivity contribution in [2.45, 2.75) is 30.7 Å². The molecule has 1 aliphatic heterocycles. The number of carbonyl (C=O) groups excluding carboxylic acids is 1. The van der Waals surface area contributed by atoms with Crippen LogP contribution in [0.15, 0.2) is 35.4 Å². The number of carbonyl (C=O) groups is 1. The molecule has 1 aromatic carbocycles. The number of rotatable bonds is 3. The van der Waals surface area contributed by atoms with Crippen LogP contribution in [0.5, 0.6) is 0 Å². The topological polar surface area (TPSA) is 76.6 Å². The monoisotopic (exact) mass is 334 g/mol. The van der Waals surface area contributed by atoms with E-state index in [9.17, 15) is 13.2 Å². The van der Waals surface area contributed by atoms with Gasteiger partial charge in [-0.1, -0.05) is 12.1 Å².